The van der Waals surface area contributed by atoms with Gasteiger partial charge in [0.05, 0.1) is 11.5 Å². The summed E-state index contributed by atoms with van der Waals surface area (Å²) in [6, 6.07) is 7.26. The van der Waals surface area contributed by atoms with Crippen molar-refractivity contribution in [1.29, 1.82) is 0 Å². The highest BCUT2D eigenvalue weighted by Crippen LogP contribution is 2.23. The topological polar surface area (TPSA) is 105 Å². The van der Waals surface area contributed by atoms with Crippen LogP contribution in [0.5, 0.6) is 0 Å². The normalized spacial score (nSPS) is 25.8. The van der Waals surface area contributed by atoms with E-state index in [1.165, 1.54) is 0 Å². The molecule has 1 aliphatic heterocycles. The summed E-state index contributed by atoms with van der Waals surface area (Å²) in [4.78, 5) is 0. The van der Waals surface area contributed by atoms with Gasteiger partial charge in [-0.1, -0.05) is 29.4 Å². The Morgan fingerprint density at radius 2 is 2.10 bits per heavy atom. The van der Waals surface area contributed by atoms with Gasteiger partial charge in [-0.3, -0.25) is 0 Å². The van der Waals surface area contributed by atoms with E-state index in [0.29, 0.717) is 18.5 Å². The molecule has 0 bridgehead atoms. The molecule has 1 heterocycles. The molecule has 0 aliphatic carbocycles. The van der Waals surface area contributed by atoms with Crippen LogP contribution in [0.25, 0.3) is 0 Å². The Hall–Kier alpha value is -1.60. The number of nitrogens with one attached hydrogen (secondary N) is 1. The minimum atomic E-state index is -2.90. The summed E-state index contributed by atoms with van der Waals surface area (Å²) >= 11 is 0. The van der Waals surface area contributed by atoms with Crippen molar-refractivity contribution < 1.29 is 13.6 Å². The van der Waals surface area contributed by atoms with Crippen LogP contribution in [0.15, 0.2) is 29.4 Å². The summed E-state index contributed by atoms with van der Waals surface area (Å²) in [5, 5.41) is 14.8. The predicted octanol–water partition coefficient (Wildman–Crippen LogP) is 0.448. The van der Waals surface area contributed by atoms with Crippen LogP contribution < -0.4 is 11.1 Å². The number of amidine groups is 1. The predicted molar refractivity (Wildman–Crippen MR) is 77.5 cm³/mol. The van der Waals surface area contributed by atoms with Crippen LogP contribution in [0.3, 0.4) is 0 Å². The molecule has 0 aromatic heterocycles. The fraction of sp³-hybridized carbons (Fsp3) is 0.462. The molecule has 1 unspecified atom stereocenters. The van der Waals surface area contributed by atoms with Crippen LogP contribution in [0.1, 0.15) is 24.5 Å². The van der Waals surface area contributed by atoms with Crippen molar-refractivity contribution in [2.75, 3.05) is 11.5 Å². The highest BCUT2D eigenvalue weighted by Gasteiger charge is 2.37. The molecule has 1 aromatic rings. The van der Waals surface area contributed by atoms with Gasteiger partial charge in [0.1, 0.15) is 0 Å². The average Bonchev–Trinajstić information content (AvgIpc) is 2.71. The largest absolute Gasteiger partial charge is 0.409 e. The Morgan fingerprint density at radius 1 is 1.45 bits per heavy atom. The molecule has 1 aromatic carbocycles. The molecule has 1 saturated heterocycles. The summed E-state index contributed by atoms with van der Waals surface area (Å²) in [5.74, 6) is 0.500. The van der Waals surface area contributed by atoms with Gasteiger partial charge in [0.2, 0.25) is 0 Å². The zero-order valence-electron chi connectivity index (χ0n) is 11.3. The minimum absolute atomic E-state index is 0.0679. The lowest BCUT2D eigenvalue weighted by atomic mass is 10.0. The maximum atomic E-state index is 11.5. The molecule has 1 aliphatic rings. The number of sulfone groups is 1. The molecule has 0 amide bonds. The Balaban J connectivity index is 1.98. The van der Waals surface area contributed by atoms with Crippen molar-refractivity contribution in [2.45, 2.75) is 25.4 Å². The minimum Gasteiger partial charge on any atom is -0.409 e. The summed E-state index contributed by atoms with van der Waals surface area (Å²) in [5.41, 5.74) is 6.79. The first-order valence-corrected chi connectivity index (χ1v) is 8.18. The first kappa shape index (κ1) is 14.8. The van der Waals surface area contributed by atoms with E-state index in [1.54, 1.807) is 12.1 Å². The molecule has 0 radical (unpaired) electrons. The lowest BCUT2D eigenvalue weighted by Gasteiger charge is -2.24. The first-order valence-electron chi connectivity index (χ1n) is 6.36. The Labute approximate surface area is 118 Å². The standard InChI is InChI=1S/C13H19N3O3S/c1-13(6-7-20(18,19)9-13)15-8-10-2-4-11(5-3-10)12(14)16-17/h2-5,15,17H,6-9H2,1H3,(H2,14,16). The van der Waals surface area contributed by atoms with Crippen LogP contribution in [0.4, 0.5) is 0 Å². The second-order valence-electron chi connectivity index (χ2n) is 5.44. The van der Waals surface area contributed by atoms with Crippen molar-refractivity contribution in [1.82, 2.24) is 5.32 Å². The van der Waals surface area contributed by atoms with Gasteiger partial charge in [0.25, 0.3) is 0 Å². The highest BCUT2D eigenvalue weighted by atomic mass is 32.2. The SMILES string of the molecule is CC1(NCc2ccc(C(N)=NO)cc2)CCS(=O)(=O)C1. The maximum Gasteiger partial charge on any atom is 0.170 e. The van der Waals surface area contributed by atoms with E-state index in [4.69, 9.17) is 10.9 Å². The molecule has 1 atom stereocenters. The van der Waals surface area contributed by atoms with Crippen LogP contribution in [-0.4, -0.2) is 36.5 Å². The van der Waals surface area contributed by atoms with Crippen LogP contribution in [0.2, 0.25) is 0 Å². The van der Waals surface area contributed by atoms with E-state index in [2.05, 4.69) is 10.5 Å². The Kier molecular flexibility index (Phi) is 4.01. The van der Waals surface area contributed by atoms with Crippen molar-refractivity contribution in [3.63, 3.8) is 0 Å². The van der Waals surface area contributed by atoms with Crippen molar-refractivity contribution >= 4 is 15.7 Å². The van der Waals surface area contributed by atoms with E-state index in [9.17, 15) is 8.42 Å². The van der Waals surface area contributed by atoms with Gasteiger partial charge in [-0.25, -0.2) is 8.42 Å². The van der Waals surface area contributed by atoms with E-state index in [-0.39, 0.29) is 22.9 Å². The van der Waals surface area contributed by atoms with E-state index in [1.807, 2.05) is 19.1 Å². The summed E-state index contributed by atoms with van der Waals surface area (Å²) in [6.45, 7) is 2.52. The Bertz CT molecular complexity index is 610. The quantitative estimate of drug-likeness (QED) is 0.324. The van der Waals surface area contributed by atoms with Gasteiger partial charge in [-0.05, 0) is 18.9 Å². The summed E-state index contributed by atoms with van der Waals surface area (Å²) in [6.07, 6.45) is 0.636. The van der Waals surface area contributed by atoms with E-state index >= 15 is 0 Å². The number of oxime groups is 1. The zero-order valence-corrected chi connectivity index (χ0v) is 12.2. The molecule has 4 N–H and O–H groups in total. The van der Waals surface area contributed by atoms with Gasteiger partial charge in [-0.2, -0.15) is 0 Å². The molecule has 0 spiro atoms. The molecule has 110 valence electrons. The average molecular weight is 297 g/mol. The van der Waals surface area contributed by atoms with Crippen molar-refractivity contribution in [3.8, 4) is 0 Å². The number of rotatable bonds is 4. The number of hydrogen-bond acceptors (Lipinski definition) is 5. The molecule has 6 nitrogen and oxygen atoms in total. The number of nitrogens with two attached hydrogens (primary N) is 1. The second kappa shape index (κ2) is 5.41. The highest BCUT2D eigenvalue weighted by molar-refractivity contribution is 7.91. The smallest absolute Gasteiger partial charge is 0.170 e. The van der Waals surface area contributed by atoms with Gasteiger partial charge >= 0.3 is 0 Å². The lowest BCUT2D eigenvalue weighted by molar-refractivity contribution is 0.318. The fourth-order valence-electron chi connectivity index (χ4n) is 2.32. The maximum absolute atomic E-state index is 11.5. The number of nitrogens with zero attached hydrogens (tertiary/aromatic N) is 1. The van der Waals surface area contributed by atoms with E-state index < -0.39 is 9.84 Å². The van der Waals surface area contributed by atoms with Crippen LogP contribution >= 0.6 is 0 Å². The lowest BCUT2D eigenvalue weighted by Crippen LogP contribution is -2.42. The monoisotopic (exact) mass is 297 g/mol. The second-order valence-corrected chi connectivity index (χ2v) is 7.62. The summed E-state index contributed by atoms with van der Waals surface area (Å²) < 4.78 is 23.0. The van der Waals surface area contributed by atoms with Crippen molar-refractivity contribution in [2.24, 2.45) is 10.9 Å². The number of hydrogen-bond donors (Lipinski definition) is 3. The molecule has 2 rings (SSSR count). The molecule has 0 saturated carbocycles. The van der Waals surface area contributed by atoms with E-state index in [0.717, 1.165) is 5.56 Å². The third kappa shape index (κ3) is 3.49. The number of benzene rings is 1. The molecular weight excluding hydrogens is 278 g/mol. The fourth-order valence-corrected chi connectivity index (χ4v) is 4.44. The Morgan fingerprint density at radius 3 is 2.60 bits per heavy atom. The van der Waals surface area contributed by atoms with Gasteiger partial charge < -0.3 is 16.3 Å². The molecular formula is C13H19N3O3S. The third-order valence-corrected chi connectivity index (χ3v) is 5.48. The van der Waals surface area contributed by atoms with Gasteiger partial charge in [0, 0.05) is 17.6 Å². The third-order valence-electron chi connectivity index (χ3n) is 3.58. The first-order chi connectivity index (χ1) is 9.34. The van der Waals surface area contributed by atoms with Crippen LogP contribution in [0, 0.1) is 0 Å². The van der Waals surface area contributed by atoms with Gasteiger partial charge in [0.15, 0.2) is 15.7 Å². The zero-order chi connectivity index (χ0) is 14.8. The van der Waals surface area contributed by atoms with Gasteiger partial charge in [-0.15, -0.1) is 0 Å². The molecule has 1 fully saturated rings. The van der Waals surface area contributed by atoms with Crippen LogP contribution in [-0.2, 0) is 16.4 Å². The summed E-state index contributed by atoms with van der Waals surface area (Å²) in [7, 11) is -2.90. The molecule has 20 heavy (non-hydrogen) atoms. The molecule has 7 heteroatoms. The van der Waals surface area contributed by atoms with Crippen molar-refractivity contribution in [3.05, 3.63) is 35.4 Å².